The molecule has 0 spiro atoms. The van der Waals surface area contributed by atoms with Crippen molar-refractivity contribution in [2.45, 2.75) is 63.5 Å². The number of aliphatic hydroxyl groups is 1. The van der Waals surface area contributed by atoms with Crippen molar-refractivity contribution < 1.29 is 9.63 Å². The van der Waals surface area contributed by atoms with Gasteiger partial charge in [0.25, 0.3) is 0 Å². The smallest absolute Gasteiger partial charge is 0.240 e. The van der Waals surface area contributed by atoms with E-state index in [1.165, 1.54) is 6.42 Å². The van der Waals surface area contributed by atoms with Crippen LogP contribution in [-0.4, -0.2) is 45.1 Å². The molecule has 0 radical (unpaired) electrons. The van der Waals surface area contributed by atoms with E-state index in [-0.39, 0.29) is 17.4 Å². The summed E-state index contributed by atoms with van der Waals surface area (Å²) in [5.74, 6) is 2.45. The maximum absolute atomic E-state index is 10.1. The van der Waals surface area contributed by atoms with Crippen LogP contribution < -0.4 is 0 Å². The number of thioether (sulfide) groups is 1. The fourth-order valence-corrected chi connectivity index (χ4v) is 3.50. The van der Waals surface area contributed by atoms with E-state index in [0.717, 1.165) is 30.8 Å². The number of likely N-dealkylation sites (N-methyl/N-ethyl adjacent to an activating group) is 1. The zero-order valence-corrected chi connectivity index (χ0v) is 13.4. The second-order valence-electron chi connectivity index (χ2n) is 5.48. The first-order valence-electron chi connectivity index (χ1n) is 7.44. The van der Waals surface area contributed by atoms with Gasteiger partial charge in [0.05, 0.1) is 17.9 Å². The molecule has 5 nitrogen and oxygen atoms in total. The Balaban J connectivity index is 1.92. The summed E-state index contributed by atoms with van der Waals surface area (Å²) in [4.78, 5) is 6.60. The molecule has 1 aromatic rings. The first-order valence-corrected chi connectivity index (χ1v) is 8.49. The summed E-state index contributed by atoms with van der Waals surface area (Å²) in [6.07, 6.45) is 4.02. The van der Waals surface area contributed by atoms with Crippen molar-refractivity contribution in [3.63, 3.8) is 0 Å². The molecule has 3 unspecified atom stereocenters. The van der Waals surface area contributed by atoms with Gasteiger partial charge in [-0.25, -0.2) is 0 Å². The van der Waals surface area contributed by atoms with E-state index in [1.807, 2.05) is 7.05 Å². The summed E-state index contributed by atoms with van der Waals surface area (Å²) in [6.45, 7) is 4.83. The minimum absolute atomic E-state index is 0.210. The maximum Gasteiger partial charge on any atom is 0.240 e. The molecule has 114 valence electrons. The molecule has 0 aromatic carbocycles. The van der Waals surface area contributed by atoms with Crippen molar-refractivity contribution in [2.24, 2.45) is 0 Å². The molecule has 3 atom stereocenters. The van der Waals surface area contributed by atoms with Crippen molar-refractivity contribution in [1.29, 1.82) is 0 Å². The molecule has 1 aromatic heterocycles. The highest BCUT2D eigenvalue weighted by Crippen LogP contribution is 2.26. The Morgan fingerprint density at radius 3 is 2.90 bits per heavy atom. The average Bonchev–Trinajstić information content (AvgIpc) is 2.88. The van der Waals surface area contributed by atoms with E-state index >= 15 is 0 Å². The Bertz CT molecular complexity index is 413. The van der Waals surface area contributed by atoms with Crippen LogP contribution in [-0.2, 0) is 6.54 Å². The Labute approximate surface area is 125 Å². The number of aliphatic hydroxyl groups excluding tert-OH is 1. The third-order valence-electron chi connectivity index (χ3n) is 3.91. The molecule has 1 fully saturated rings. The van der Waals surface area contributed by atoms with Crippen LogP contribution >= 0.6 is 11.8 Å². The first kappa shape index (κ1) is 15.8. The summed E-state index contributed by atoms with van der Waals surface area (Å²) in [5.41, 5.74) is 0. The van der Waals surface area contributed by atoms with Gasteiger partial charge in [0.15, 0.2) is 5.82 Å². The van der Waals surface area contributed by atoms with Gasteiger partial charge in [-0.05, 0) is 32.6 Å². The van der Waals surface area contributed by atoms with E-state index in [4.69, 9.17) is 4.52 Å². The van der Waals surface area contributed by atoms with Crippen molar-refractivity contribution >= 4 is 11.8 Å². The molecule has 2 rings (SSSR count). The Hall–Kier alpha value is -0.590. The molecular weight excluding hydrogens is 274 g/mol. The van der Waals surface area contributed by atoms with Gasteiger partial charge in [-0.2, -0.15) is 16.7 Å². The van der Waals surface area contributed by atoms with E-state index < -0.39 is 0 Å². The van der Waals surface area contributed by atoms with Gasteiger partial charge in [0.2, 0.25) is 5.89 Å². The zero-order valence-electron chi connectivity index (χ0n) is 12.6. The predicted molar refractivity (Wildman–Crippen MR) is 80.6 cm³/mol. The van der Waals surface area contributed by atoms with Crippen LogP contribution in [0, 0.1) is 0 Å². The lowest BCUT2D eigenvalue weighted by Crippen LogP contribution is -2.42. The fraction of sp³-hybridized carbons (Fsp3) is 0.857. The minimum atomic E-state index is -0.231. The van der Waals surface area contributed by atoms with Gasteiger partial charge in [0.1, 0.15) is 0 Å². The molecule has 6 heteroatoms. The molecule has 0 aliphatic heterocycles. The van der Waals surface area contributed by atoms with Gasteiger partial charge in [-0.1, -0.05) is 24.9 Å². The Morgan fingerprint density at radius 1 is 1.45 bits per heavy atom. The number of aromatic nitrogens is 2. The van der Waals surface area contributed by atoms with Crippen molar-refractivity contribution in [2.75, 3.05) is 12.8 Å². The van der Waals surface area contributed by atoms with Crippen LogP contribution in [0.3, 0.4) is 0 Å². The SMILES string of the molecule is CCSC(C)c1noc(CN(C)C2CCCCC2O)n1. The average molecular weight is 299 g/mol. The minimum Gasteiger partial charge on any atom is -0.391 e. The topological polar surface area (TPSA) is 62.4 Å². The molecule has 1 heterocycles. The molecule has 1 aliphatic rings. The monoisotopic (exact) mass is 299 g/mol. The fourth-order valence-electron chi connectivity index (χ4n) is 2.76. The van der Waals surface area contributed by atoms with Crippen LogP contribution in [0.4, 0.5) is 0 Å². The first-order chi connectivity index (χ1) is 9.61. The van der Waals surface area contributed by atoms with Crippen LogP contribution in [0.2, 0.25) is 0 Å². The van der Waals surface area contributed by atoms with Crippen molar-refractivity contribution in [3.8, 4) is 0 Å². The number of rotatable bonds is 6. The van der Waals surface area contributed by atoms with Crippen LogP contribution in [0.25, 0.3) is 0 Å². The summed E-state index contributed by atoms with van der Waals surface area (Å²) < 4.78 is 5.33. The zero-order chi connectivity index (χ0) is 14.5. The third-order valence-corrected chi connectivity index (χ3v) is 4.95. The van der Waals surface area contributed by atoms with Crippen LogP contribution in [0.5, 0.6) is 0 Å². The van der Waals surface area contributed by atoms with Gasteiger partial charge in [0, 0.05) is 6.04 Å². The summed E-state index contributed by atoms with van der Waals surface area (Å²) in [6, 6.07) is 0.210. The van der Waals surface area contributed by atoms with Gasteiger partial charge in [-0.3, -0.25) is 4.90 Å². The molecule has 20 heavy (non-hydrogen) atoms. The molecular formula is C14H25N3O2S. The predicted octanol–water partition coefficient (Wildman–Crippen LogP) is 2.62. The number of hydrogen-bond acceptors (Lipinski definition) is 6. The summed E-state index contributed by atoms with van der Waals surface area (Å²) in [7, 11) is 2.02. The van der Waals surface area contributed by atoms with E-state index in [0.29, 0.717) is 12.4 Å². The highest BCUT2D eigenvalue weighted by molar-refractivity contribution is 7.99. The van der Waals surface area contributed by atoms with E-state index in [2.05, 4.69) is 28.9 Å². The van der Waals surface area contributed by atoms with Gasteiger partial charge < -0.3 is 9.63 Å². The van der Waals surface area contributed by atoms with E-state index in [1.54, 1.807) is 11.8 Å². The molecule has 1 saturated carbocycles. The number of nitrogens with zero attached hydrogens (tertiary/aromatic N) is 3. The third kappa shape index (κ3) is 3.96. The lowest BCUT2D eigenvalue weighted by Gasteiger charge is -2.34. The highest BCUT2D eigenvalue weighted by Gasteiger charge is 2.27. The molecule has 1 aliphatic carbocycles. The van der Waals surface area contributed by atoms with Crippen molar-refractivity contribution in [3.05, 3.63) is 11.7 Å². The maximum atomic E-state index is 10.1. The second kappa shape index (κ2) is 7.43. The summed E-state index contributed by atoms with van der Waals surface area (Å²) >= 11 is 1.81. The molecule has 1 N–H and O–H groups in total. The highest BCUT2D eigenvalue weighted by atomic mass is 32.2. The quantitative estimate of drug-likeness (QED) is 0.871. The van der Waals surface area contributed by atoms with Gasteiger partial charge in [-0.15, -0.1) is 0 Å². The normalized spacial score (nSPS) is 25.1. The van der Waals surface area contributed by atoms with Gasteiger partial charge >= 0.3 is 0 Å². The van der Waals surface area contributed by atoms with Crippen LogP contribution in [0.15, 0.2) is 4.52 Å². The Morgan fingerprint density at radius 2 is 2.20 bits per heavy atom. The van der Waals surface area contributed by atoms with Crippen molar-refractivity contribution in [1.82, 2.24) is 15.0 Å². The lowest BCUT2D eigenvalue weighted by atomic mass is 9.91. The molecule has 0 amide bonds. The summed E-state index contributed by atoms with van der Waals surface area (Å²) in [5, 5.41) is 14.4. The second-order valence-corrected chi connectivity index (χ2v) is 7.10. The number of hydrogen-bond donors (Lipinski definition) is 1. The van der Waals surface area contributed by atoms with Crippen LogP contribution in [0.1, 0.15) is 56.5 Å². The largest absolute Gasteiger partial charge is 0.391 e. The molecule has 0 saturated heterocycles. The lowest BCUT2D eigenvalue weighted by molar-refractivity contribution is 0.0248. The molecule has 0 bridgehead atoms. The van der Waals surface area contributed by atoms with E-state index in [9.17, 15) is 5.11 Å². The Kier molecular flexibility index (Phi) is 5.86. The standard InChI is InChI=1S/C14H25N3O2S/c1-4-20-10(2)14-15-13(19-16-14)9-17(3)11-7-5-6-8-12(11)18/h10-12,18H,4-9H2,1-3H3.